The number of benzene rings is 1. The van der Waals surface area contributed by atoms with Gasteiger partial charge in [-0.15, -0.1) is 0 Å². The molecule has 0 heterocycles. The molecule has 0 fully saturated rings. The fourth-order valence-corrected chi connectivity index (χ4v) is 1.45. The van der Waals surface area contributed by atoms with Crippen LogP contribution >= 0.6 is 15.9 Å². The van der Waals surface area contributed by atoms with Crippen molar-refractivity contribution in [2.24, 2.45) is 5.73 Å². The molecule has 14 heavy (non-hydrogen) atoms. The lowest BCUT2D eigenvalue weighted by Crippen LogP contribution is -2.24. The van der Waals surface area contributed by atoms with Crippen LogP contribution in [0.15, 0.2) is 28.7 Å². The molecule has 3 heteroatoms. The van der Waals surface area contributed by atoms with E-state index in [1.807, 2.05) is 24.3 Å². The Bertz CT molecular complexity index is 278. The third-order valence-corrected chi connectivity index (χ3v) is 2.85. The Labute approximate surface area is 93.6 Å². The summed E-state index contributed by atoms with van der Waals surface area (Å²) in [5.41, 5.74) is 6.90. The van der Waals surface area contributed by atoms with Gasteiger partial charge in [0.1, 0.15) is 0 Å². The Hall–Kier alpha value is -0.380. The topological polar surface area (TPSA) is 35.2 Å². The smallest absolute Gasteiger partial charge is 0.0728 e. The van der Waals surface area contributed by atoms with Gasteiger partial charge in [0, 0.05) is 10.5 Å². The quantitative estimate of drug-likeness (QED) is 0.881. The summed E-state index contributed by atoms with van der Waals surface area (Å²) in [4.78, 5) is 0. The highest BCUT2D eigenvalue weighted by atomic mass is 79.9. The van der Waals surface area contributed by atoms with Crippen molar-refractivity contribution in [1.82, 2.24) is 0 Å². The van der Waals surface area contributed by atoms with Crippen LogP contribution < -0.4 is 5.73 Å². The molecule has 0 aromatic heterocycles. The molecule has 1 aromatic carbocycles. The average molecular weight is 258 g/mol. The van der Waals surface area contributed by atoms with Crippen LogP contribution in [-0.2, 0) is 11.3 Å². The van der Waals surface area contributed by atoms with Crippen LogP contribution in [-0.4, -0.2) is 12.6 Å². The lowest BCUT2D eigenvalue weighted by molar-refractivity contribution is 0.106. The van der Waals surface area contributed by atoms with Crippen molar-refractivity contribution in [1.29, 1.82) is 0 Å². The highest BCUT2D eigenvalue weighted by Crippen LogP contribution is 2.16. The summed E-state index contributed by atoms with van der Waals surface area (Å²) in [5.74, 6) is 0. The Morgan fingerprint density at radius 3 is 2.79 bits per heavy atom. The molecule has 78 valence electrons. The maximum absolute atomic E-state index is 5.74. The molecule has 0 saturated carbocycles. The largest absolute Gasteiger partial charge is 0.375 e. The lowest BCUT2D eigenvalue weighted by atomic mass is 10.2. The van der Waals surface area contributed by atoms with Crippen LogP contribution in [0.4, 0.5) is 0 Å². The minimum absolute atomic E-state index is 0.150. The van der Waals surface area contributed by atoms with E-state index in [4.69, 9.17) is 10.5 Å². The Kier molecular flexibility index (Phi) is 5.15. The number of ether oxygens (including phenoxy) is 1. The van der Waals surface area contributed by atoms with E-state index in [0.29, 0.717) is 13.2 Å². The van der Waals surface area contributed by atoms with Gasteiger partial charge in [-0.1, -0.05) is 41.1 Å². The SMILES string of the molecule is CC[C@H](N)COCc1ccccc1Br. The number of hydrogen-bond acceptors (Lipinski definition) is 2. The molecule has 0 bridgehead atoms. The molecule has 2 N–H and O–H groups in total. The summed E-state index contributed by atoms with van der Waals surface area (Å²) in [6, 6.07) is 8.20. The van der Waals surface area contributed by atoms with Crippen molar-refractivity contribution in [3.63, 3.8) is 0 Å². The van der Waals surface area contributed by atoms with Gasteiger partial charge >= 0.3 is 0 Å². The first-order valence-corrected chi connectivity index (χ1v) is 5.60. The average Bonchev–Trinajstić information content (AvgIpc) is 2.20. The van der Waals surface area contributed by atoms with Gasteiger partial charge in [0.25, 0.3) is 0 Å². The van der Waals surface area contributed by atoms with Crippen LogP contribution in [0.5, 0.6) is 0 Å². The molecule has 1 aromatic rings. The molecule has 1 atom stereocenters. The summed E-state index contributed by atoms with van der Waals surface area (Å²) < 4.78 is 6.59. The normalized spacial score (nSPS) is 12.8. The van der Waals surface area contributed by atoms with E-state index in [0.717, 1.165) is 16.5 Å². The van der Waals surface area contributed by atoms with Gasteiger partial charge in [-0.25, -0.2) is 0 Å². The van der Waals surface area contributed by atoms with E-state index in [2.05, 4.69) is 22.9 Å². The van der Waals surface area contributed by atoms with Gasteiger partial charge < -0.3 is 10.5 Å². The maximum Gasteiger partial charge on any atom is 0.0728 e. The molecule has 0 amide bonds. The van der Waals surface area contributed by atoms with Crippen LogP contribution in [0.2, 0.25) is 0 Å². The fraction of sp³-hybridized carbons (Fsp3) is 0.455. The maximum atomic E-state index is 5.74. The Balaban J connectivity index is 2.35. The number of hydrogen-bond donors (Lipinski definition) is 1. The predicted octanol–water partition coefficient (Wildman–Crippen LogP) is 2.70. The first kappa shape index (κ1) is 11.7. The second kappa shape index (κ2) is 6.17. The van der Waals surface area contributed by atoms with Crippen molar-refractivity contribution in [2.45, 2.75) is 26.0 Å². The molecule has 0 radical (unpaired) electrons. The van der Waals surface area contributed by atoms with Crippen molar-refractivity contribution < 1.29 is 4.74 Å². The summed E-state index contributed by atoms with van der Waals surface area (Å²) in [6.07, 6.45) is 0.954. The van der Waals surface area contributed by atoms with E-state index in [-0.39, 0.29) is 6.04 Å². The van der Waals surface area contributed by atoms with E-state index >= 15 is 0 Å². The molecule has 1 rings (SSSR count). The summed E-state index contributed by atoms with van der Waals surface area (Å²) in [7, 11) is 0. The van der Waals surface area contributed by atoms with Crippen LogP contribution in [0.1, 0.15) is 18.9 Å². The molecule has 0 spiro atoms. The van der Waals surface area contributed by atoms with E-state index in [1.165, 1.54) is 0 Å². The highest BCUT2D eigenvalue weighted by Gasteiger charge is 2.01. The zero-order valence-electron chi connectivity index (χ0n) is 8.37. The third kappa shape index (κ3) is 3.78. The van der Waals surface area contributed by atoms with E-state index in [9.17, 15) is 0 Å². The molecule has 0 saturated heterocycles. The minimum atomic E-state index is 0.150. The minimum Gasteiger partial charge on any atom is -0.375 e. The fourth-order valence-electron chi connectivity index (χ4n) is 1.05. The Morgan fingerprint density at radius 2 is 2.14 bits per heavy atom. The second-order valence-electron chi connectivity index (χ2n) is 3.27. The summed E-state index contributed by atoms with van der Waals surface area (Å²) >= 11 is 3.47. The first-order valence-electron chi connectivity index (χ1n) is 4.80. The van der Waals surface area contributed by atoms with Crippen LogP contribution in [0.3, 0.4) is 0 Å². The van der Waals surface area contributed by atoms with Gasteiger partial charge in [-0.3, -0.25) is 0 Å². The molecular weight excluding hydrogens is 242 g/mol. The molecule has 0 aliphatic carbocycles. The zero-order valence-corrected chi connectivity index (χ0v) is 9.96. The monoisotopic (exact) mass is 257 g/mol. The first-order chi connectivity index (χ1) is 6.74. The molecular formula is C11H16BrNO. The number of halogens is 1. The van der Waals surface area contributed by atoms with Crippen LogP contribution in [0.25, 0.3) is 0 Å². The molecule has 2 nitrogen and oxygen atoms in total. The number of nitrogens with two attached hydrogens (primary N) is 1. The van der Waals surface area contributed by atoms with Gasteiger partial charge in [0.05, 0.1) is 13.2 Å². The zero-order chi connectivity index (χ0) is 10.4. The second-order valence-corrected chi connectivity index (χ2v) is 4.13. The van der Waals surface area contributed by atoms with Crippen molar-refractivity contribution in [3.8, 4) is 0 Å². The highest BCUT2D eigenvalue weighted by molar-refractivity contribution is 9.10. The molecule has 0 unspecified atom stereocenters. The van der Waals surface area contributed by atoms with Gasteiger partial charge in [-0.2, -0.15) is 0 Å². The summed E-state index contributed by atoms with van der Waals surface area (Å²) in [6.45, 7) is 3.30. The lowest BCUT2D eigenvalue weighted by Gasteiger charge is -2.10. The van der Waals surface area contributed by atoms with Gasteiger partial charge in [0.15, 0.2) is 0 Å². The van der Waals surface area contributed by atoms with Crippen molar-refractivity contribution >= 4 is 15.9 Å². The Morgan fingerprint density at radius 1 is 1.43 bits per heavy atom. The van der Waals surface area contributed by atoms with E-state index < -0.39 is 0 Å². The third-order valence-electron chi connectivity index (χ3n) is 2.07. The standard InChI is InChI=1S/C11H16BrNO/c1-2-10(13)8-14-7-9-5-3-4-6-11(9)12/h3-6,10H,2,7-8,13H2,1H3/t10-/m0/s1. The van der Waals surface area contributed by atoms with Crippen LogP contribution in [0, 0.1) is 0 Å². The molecule has 0 aliphatic heterocycles. The van der Waals surface area contributed by atoms with E-state index in [1.54, 1.807) is 0 Å². The number of rotatable bonds is 5. The van der Waals surface area contributed by atoms with Crippen molar-refractivity contribution in [3.05, 3.63) is 34.3 Å². The van der Waals surface area contributed by atoms with Crippen molar-refractivity contribution in [2.75, 3.05) is 6.61 Å². The summed E-state index contributed by atoms with van der Waals surface area (Å²) in [5, 5.41) is 0. The predicted molar refractivity (Wildman–Crippen MR) is 62.1 cm³/mol. The molecule has 0 aliphatic rings. The van der Waals surface area contributed by atoms with Gasteiger partial charge in [-0.05, 0) is 18.1 Å². The van der Waals surface area contributed by atoms with Gasteiger partial charge in [0.2, 0.25) is 0 Å².